The summed E-state index contributed by atoms with van der Waals surface area (Å²) in [6, 6.07) is 9.43. The van der Waals surface area contributed by atoms with E-state index in [2.05, 4.69) is 30.0 Å². The fraction of sp³-hybridized carbons (Fsp3) is 0.560. The third-order valence-corrected chi connectivity index (χ3v) is 11.6. The van der Waals surface area contributed by atoms with Crippen LogP contribution < -0.4 is 5.32 Å². The molecule has 32 heavy (non-hydrogen) atoms. The van der Waals surface area contributed by atoms with E-state index in [1.807, 2.05) is 49.1 Å². The molecule has 0 aromatic heterocycles. The quantitative estimate of drug-likeness (QED) is 0.670. The molecule has 2 N–H and O–H groups in total. The standard InChI is InChI=1S/C25H35N3O3Si/c1-24(2)20-14-26-21(27-23(31)25(12-9-13-25)32(3,4)5)18(20)15-28(24)22(30)19(16-29)17-10-7-6-8-11-17/h6-8,10-11,19,29H,9,12-16H2,1-5H3,(H,26,27,31). The van der Waals surface area contributed by atoms with E-state index in [9.17, 15) is 14.7 Å². The van der Waals surface area contributed by atoms with E-state index < -0.39 is 19.5 Å². The lowest BCUT2D eigenvalue weighted by Crippen LogP contribution is -2.55. The number of aliphatic imine (C=N–C) groups is 1. The predicted octanol–water partition coefficient (Wildman–Crippen LogP) is 3.47. The van der Waals surface area contributed by atoms with Crippen molar-refractivity contribution in [2.24, 2.45) is 4.99 Å². The molecular weight excluding hydrogens is 418 g/mol. The predicted molar refractivity (Wildman–Crippen MR) is 129 cm³/mol. The van der Waals surface area contributed by atoms with E-state index in [0.29, 0.717) is 18.9 Å². The second-order valence-corrected chi connectivity index (χ2v) is 16.3. The molecule has 0 spiro atoms. The van der Waals surface area contributed by atoms with Gasteiger partial charge in [0.1, 0.15) is 5.84 Å². The first-order valence-electron chi connectivity index (χ1n) is 11.6. The van der Waals surface area contributed by atoms with Crippen molar-refractivity contribution in [2.45, 2.75) is 69.2 Å². The molecule has 2 amide bonds. The fourth-order valence-corrected chi connectivity index (χ4v) is 8.08. The number of nitrogens with zero attached hydrogens (tertiary/aromatic N) is 2. The van der Waals surface area contributed by atoms with Gasteiger partial charge in [0.25, 0.3) is 0 Å². The third kappa shape index (κ3) is 3.46. The van der Waals surface area contributed by atoms with Crippen molar-refractivity contribution in [3.63, 3.8) is 0 Å². The second-order valence-electron chi connectivity index (χ2n) is 10.9. The Labute approximate surface area is 191 Å². The molecule has 172 valence electrons. The summed E-state index contributed by atoms with van der Waals surface area (Å²) in [5, 5.41) is 13.0. The Kier molecular flexibility index (Phi) is 5.70. The zero-order chi connectivity index (χ0) is 23.3. The van der Waals surface area contributed by atoms with Crippen molar-refractivity contribution in [2.75, 3.05) is 19.7 Å². The summed E-state index contributed by atoms with van der Waals surface area (Å²) in [5.74, 6) is 0.0469. The molecule has 1 atom stereocenters. The molecule has 0 bridgehead atoms. The molecule has 1 fully saturated rings. The minimum Gasteiger partial charge on any atom is -0.395 e. The highest BCUT2D eigenvalue weighted by molar-refractivity contribution is 6.82. The van der Waals surface area contributed by atoms with Crippen LogP contribution in [0.25, 0.3) is 0 Å². The van der Waals surface area contributed by atoms with Crippen LogP contribution in [0.15, 0.2) is 46.5 Å². The van der Waals surface area contributed by atoms with Crippen LogP contribution in [0.1, 0.15) is 44.6 Å². The molecule has 1 unspecified atom stereocenters. The zero-order valence-electron chi connectivity index (χ0n) is 19.9. The number of amides is 2. The van der Waals surface area contributed by atoms with Gasteiger partial charge in [-0.3, -0.25) is 14.6 Å². The number of amidine groups is 1. The SMILES string of the molecule is CC1(C)C2=C(CN1C(=O)C(CO)c1ccccc1)C(NC(=O)C1([Si](C)(C)C)CCC1)=NC2. The number of aliphatic hydroxyl groups excluding tert-OH is 1. The molecule has 1 aromatic carbocycles. The molecule has 2 heterocycles. The Hall–Kier alpha value is -2.25. The van der Waals surface area contributed by atoms with Crippen molar-refractivity contribution in [1.82, 2.24) is 10.2 Å². The Morgan fingerprint density at radius 3 is 2.38 bits per heavy atom. The first-order valence-corrected chi connectivity index (χ1v) is 15.1. The van der Waals surface area contributed by atoms with Gasteiger partial charge in [0.2, 0.25) is 11.8 Å². The van der Waals surface area contributed by atoms with Crippen LogP contribution in [0.3, 0.4) is 0 Å². The fourth-order valence-electron chi connectivity index (χ4n) is 5.49. The lowest BCUT2D eigenvalue weighted by molar-refractivity contribution is -0.136. The minimum atomic E-state index is -1.69. The van der Waals surface area contributed by atoms with Crippen molar-refractivity contribution in [3.05, 3.63) is 47.0 Å². The normalized spacial score (nSPS) is 22.2. The van der Waals surface area contributed by atoms with E-state index >= 15 is 0 Å². The van der Waals surface area contributed by atoms with Gasteiger partial charge in [-0.25, -0.2) is 0 Å². The number of nitrogens with one attached hydrogen (secondary N) is 1. The summed E-state index contributed by atoms with van der Waals surface area (Å²) in [6.45, 7) is 11.5. The lowest BCUT2D eigenvalue weighted by Gasteiger charge is -2.49. The van der Waals surface area contributed by atoms with Gasteiger partial charge in [-0.1, -0.05) is 56.4 Å². The number of hydrogen-bond donors (Lipinski definition) is 2. The molecular formula is C25H35N3O3Si. The minimum absolute atomic E-state index is 0.0960. The number of carbonyl (C=O) groups is 2. The first kappa shape index (κ1) is 22.9. The van der Waals surface area contributed by atoms with Crippen LogP contribution in [0, 0.1) is 0 Å². The van der Waals surface area contributed by atoms with Gasteiger partial charge in [-0.2, -0.15) is 0 Å². The van der Waals surface area contributed by atoms with E-state index in [4.69, 9.17) is 0 Å². The Balaban J connectivity index is 1.54. The highest BCUT2D eigenvalue weighted by Gasteiger charge is 2.54. The zero-order valence-corrected chi connectivity index (χ0v) is 20.9. The van der Waals surface area contributed by atoms with Gasteiger partial charge >= 0.3 is 0 Å². The molecule has 1 aliphatic carbocycles. The van der Waals surface area contributed by atoms with Crippen LogP contribution in [-0.2, 0) is 9.59 Å². The second kappa shape index (κ2) is 7.95. The molecule has 1 saturated carbocycles. The Morgan fingerprint density at radius 1 is 1.19 bits per heavy atom. The summed E-state index contributed by atoms with van der Waals surface area (Å²) in [5.41, 5.74) is 2.34. The monoisotopic (exact) mass is 453 g/mol. The topological polar surface area (TPSA) is 82.0 Å². The average molecular weight is 454 g/mol. The summed E-state index contributed by atoms with van der Waals surface area (Å²) in [6.07, 6.45) is 3.02. The molecule has 1 aromatic rings. The largest absolute Gasteiger partial charge is 0.395 e. The Bertz CT molecular complexity index is 987. The smallest absolute Gasteiger partial charge is 0.233 e. The van der Waals surface area contributed by atoms with Gasteiger partial charge in [-0.15, -0.1) is 0 Å². The van der Waals surface area contributed by atoms with Crippen molar-refractivity contribution in [3.8, 4) is 0 Å². The number of hydrogen-bond acceptors (Lipinski definition) is 4. The first-order chi connectivity index (χ1) is 15.0. The van der Waals surface area contributed by atoms with Gasteiger partial charge in [-0.05, 0) is 37.8 Å². The molecule has 3 aliphatic rings. The van der Waals surface area contributed by atoms with Crippen LogP contribution in [0.5, 0.6) is 0 Å². The molecule has 0 radical (unpaired) electrons. The number of aliphatic hydroxyl groups is 1. The van der Waals surface area contributed by atoms with Crippen LogP contribution >= 0.6 is 0 Å². The molecule has 0 saturated heterocycles. The van der Waals surface area contributed by atoms with Gasteiger partial charge in [0, 0.05) is 10.6 Å². The van der Waals surface area contributed by atoms with Crippen molar-refractivity contribution < 1.29 is 14.7 Å². The maximum Gasteiger partial charge on any atom is 0.233 e. The molecule has 6 nitrogen and oxygen atoms in total. The maximum atomic E-state index is 13.5. The maximum absolute atomic E-state index is 13.5. The van der Waals surface area contributed by atoms with Crippen molar-refractivity contribution in [1.29, 1.82) is 0 Å². The van der Waals surface area contributed by atoms with E-state index in [1.54, 1.807) is 0 Å². The summed E-state index contributed by atoms with van der Waals surface area (Å²) < 4.78 is 0. The summed E-state index contributed by atoms with van der Waals surface area (Å²) in [7, 11) is -1.69. The lowest BCUT2D eigenvalue weighted by atomic mass is 9.83. The van der Waals surface area contributed by atoms with E-state index in [1.165, 1.54) is 0 Å². The van der Waals surface area contributed by atoms with Gasteiger partial charge in [0.05, 0.1) is 39.2 Å². The van der Waals surface area contributed by atoms with Crippen molar-refractivity contribution >= 4 is 25.7 Å². The van der Waals surface area contributed by atoms with Crippen LogP contribution in [-0.4, -0.2) is 61.0 Å². The summed E-state index contributed by atoms with van der Waals surface area (Å²) in [4.78, 5) is 33.4. The number of rotatable bonds is 5. The van der Waals surface area contributed by atoms with Gasteiger partial charge in [0.15, 0.2) is 0 Å². The highest BCUT2D eigenvalue weighted by Crippen LogP contribution is 2.55. The van der Waals surface area contributed by atoms with E-state index in [-0.39, 0.29) is 23.5 Å². The van der Waals surface area contributed by atoms with Crippen LogP contribution in [0.4, 0.5) is 0 Å². The molecule has 7 heteroatoms. The average Bonchev–Trinajstić information content (AvgIpc) is 3.19. The molecule has 2 aliphatic heterocycles. The van der Waals surface area contributed by atoms with Crippen LogP contribution in [0.2, 0.25) is 24.7 Å². The Morgan fingerprint density at radius 2 is 1.84 bits per heavy atom. The number of carbonyl (C=O) groups excluding carboxylic acids is 2. The van der Waals surface area contributed by atoms with E-state index in [0.717, 1.165) is 36.0 Å². The van der Waals surface area contributed by atoms with Gasteiger partial charge < -0.3 is 15.3 Å². The highest BCUT2D eigenvalue weighted by atomic mass is 28.3. The third-order valence-electron chi connectivity index (χ3n) is 8.03. The summed E-state index contributed by atoms with van der Waals surface area (Å²) >= 11 is 0. The molecule has 4 rings (SSSR count). The number of benzene rings is 1.